The Kier molecular flexibility index (Phi) is 1.98. The van der Waals surface area contributed by atoms with Gasteiger partial charge in [-0.15, -0.1) is 0 Å². The van der Waals surface area contributed by atoms with Crippen molar-refractivity contribution in [1.82, 2.24) is 0 Å². The van der Waals surface area contributed by atoms with Crippen molar-refractivity contribution < 1.29 is 5.11 Å². The molecule has 4 rings (SSSR count). The lowest BCUT2D eigenvalue weighted by Crippen LogP contribution is -2.64. The summed E-state index contributed by atoms with van der Waals surface area (Å²) < 4.78 is 0. The second kappa shape index (κ2) is 2.93. The molecule has 0 heterocycles. The zero-order valence-electron chi connectivity index (χ0n) is 10.8. The van der Waals surface area contributed by atoms with Crippen molar-refractivity contribution in [3.63, 3.8) is 0 Å². The first-order valence-corrected chi connectivity index (χ1v) is 6.75. The summed E-state index contributed by atoms with van der Waals surface area (Å²) in [6.07, 6.45) is 5.00. The second-order valence-corrected chi connectivity index (χ2v) is 7.41. The van der Waals surface area contributed by atoms with E-state index in [1.807, 2.05) is 0 Å². The van der Waals surface area contributed by atoms with Crippen LogP contribution >= 0.6 is 0 Å². The van der Waals surface area contributed by atoms with E-state index in [-0.39, 0.29) is 5.41 Å². The number of rotatable bonds is 0. The lowest BCUT2D eigenvalue weighted by molar-refractivity contribution is -0.201. The fourth-order valence-electron chi connectivity index (χ4n) is 4.94. The molecular weight excluding hydrogens is 196 g/mol. The second-order valence-electron chi connectivity index (χ2n) is 7.41. The monoisotopic (exact) mass is 220 g/mol. The van der Waals surface area contributed by atoms with E-state index in [0.29, 0.717) is 11.8 Å². The van der Waals surface area contributed by atoms with E-state index in [1.165, 1.54) is 31.3 Å². The Balaban J connectivity index is 2.05. The molecule has 0 aromatic rings. The lowest BCUT2D eigenvalue weighted by atomic mass is 9.44. The van der Waals surface area contributed by atoms with E-state index in [1.54, 1.807) is 0 Å². The molecule has 4 bridgehead atoms. The molecule has 0 aromatic carbocycles. The van der Waals surface area contributed by atoms with Crippen molar-refractivity contribution >= 4 is 0 Å². The van der Waals surface area contributed by atoms with E-state index >= 15 is 0 Å². The summed E-state index contributed by atoms with van der Waals surface area (Å²) in [7, 11) is 0. The average Bonchev–Trinajstić information content (AvgIpc) is 2.18. The van der Waals surface area contributed by atoms with Crippen molar-refractivity contribution in [3.8, 4) is 0 Å². The summed E-state index contributed by atoms with van der Waals surface area (Å²) in [5.41, 5.74) is 0.861. The summed E-state index contributed by atoms with van der Waals surface area (Å²) in [6.45, 7) is 10.9. The third-order valence-corrected chi connectivity index (χ3v) is 5.70. The van der Waals surface area contributed by atoms with Crippen molar-refractivity contribution in [1.29, 1.82) is 0 Å². The normalized spacial score (nSPS) is 51.1. The molecular formula is C15H24O. The van der Waals surface area contributed by atoms with Gasteiger partial charge >= 0.3 is 0 Å². The van der Waals surface area contributed by atoms with Gasteiger partial charge in [0.1, 0.15) is 0 Å². The highest BCUT2D eigenvalue weighted by Crippen LogP contribution is 2.64. The Hall–Kier alpha value is -0.300. The summed E-state index contributed by atoms with van der Waals surface area (Å²) in [4.78, 5) is 0. The molecule has 0 unspecified atom stereocenters. The molecule has 4 aliphatic carbocycles. The Morgan fingerprint density at radius 1 is 1.19 bits per heavy atom. The van der Waals surface area contributed by atoms with Gasteiger partial charge in [-0.25, -0.2) is 0 Å². The molecule has 4 saturated carbocycles. The van der Waals surface area contributed by atoms with Crippen LogP contribution in [0.2, 0.25) is 0 Å². The lowest BCUT2D eigenvalue weighted by Gasteiger charge is -2.64. The third-order valence-electron chi connectivity index (χ3n) is 5.70. The molecule has 1 heteroatoms. The van der Waals surface area contributed by atoms with Crippen LogP contribution in [0.4, 0.5) is 0 Å². The Bertz CT molecular complexity index is 338. The molecule has 1 N–H and O–H groups in total. The maximum Gasteiger partial charge on any atom is 0.0789 e. The molecule has 90 valence electrons. The van der Waals surface area contributed by atoms with E-state index in [4.69, 9.17) is 0 Å². The molecule has 5 atom stereocenters. The maximum atomic E-state index is 11.2. The van der Waals surface area contributed by atoms with Gasteiger partial charge in [-0.3, -0.25) is 0 Å². The molecule has 0 spiro atoms. The van der Waals surface area contributed by atoms with E-state index in [0.717, 1.165) is 11.8 Å². The first kappa shape index (κ1) is 10.8. The zero-order chi connectivity index (χ0) is 11.7. The fourth-order valence-corrected chi connectivity index (χ4v) is 4.94. The highest BCUT2D eigenvalue weighted by molar-refractivity contribution is 5.26. The minimum absolute atomic E-state index is 0.0153. The van der Waals surface area contributed by atoms with Crippen LogP contribution in [-0.2, 0) is 0 Å². The van der Waals surface area contributed by atoms with Crippen LogP contribution in [0.25, 0.3) is 0 Å². The smallest absolute Gasteiger partial charge is 0.0789 e. The molecule has 4 aliphatic rings. The van der Waals surface area contributed by atoms with Crippen LogP contribution in [0, 0.1) is 29.1 Å². The predicted octanol–water partition coefficient (Wildman–Crippen LogP) is 3.39. The van der Waals surface area contributed by atoms with Gasteiger partial charge in [-0.05, 0) is 48.9 Å². The van der Waals surface area contributed by atoms with Crippen LogP contribution in [0.1, 0.15) is 46.5 Å². The average molecular weight is 220 g/mol. The van der Waals surface area contributed by atoms with Gasteiger partial charge in [0.15, 0.2) is 0 Å². The van der Waals surface area contributed by atoms with Gasteiger partial charge < -0.3 is 5.11 Å². The fraction of sp³-hybridized carbons (Fsp3) is 0.867. The van der Waals surface area contributed by atoms with Gasteiger partial charge in [0.2, 0.25) is 0 Å². The molecule has 0 radical (unpaired) electrons. The zero-order valence-corrected chi connectivity index (χ0v) is 10.8. The topological polar surface area (TPSA) is 20.2 Å². The van der Waals surface area contributed by atoms with Gasteiger partial charge in [0, 0.05) is 5.92 Å². The van der Waals surface area contributed by atoms with Gasteiger partial charge in [0.05, 0.1) is 5.60 Å². The predicted molar refractivity (Wildman–Crippen MR) is 66.0 cm³/mol. The van der Waals surface area contributed by atoms with Gasteiger partial charge in [-0.2, -0.15) is 0 Å². The van der Waals surface area contributed by atoms with Gasteiger partial charge in [0.25, 0.3) is 0 Å². The summed E-state index contributed by atoms with van der Waals surface area (Å²) in [6, 6.07) is 0. The van der Waals surface area contributed by atoms with Crippen molar-refractivity contribution in [2.24, 2.45) is 29.1 Å². The minimum atomic E-state index is -0.489. The minimum Gasteiger partial charge on any atom is -0.388 e. The number of hydrogen-bond acceptors (Lipinski definition) is 1. The van der Waals surface area contributed by atoms with Crippen molar-refractivity contribution in [3.05, 3.63) is 12.2 Å². The molecule has 4 fully saturated rings. The third kappa shape index (κ3) is 1.11. The first-order chi connectivity index (χ1) is 7.34. The highest BCUT2D eigenvalue weighted by atomic mass is 16.3. The molecule has 0 saturated heterocycles. The Labute approximate surface area is 98.9 Å². The van der Waals surface area contributed by atoms with Crippen LogP contribution < -0.4 is 0 Å². The van der Waals surface area contributed by atoms with Crippen LogP contribution in [0.15, 0.2) is 12.2 Å². The largest absolute Gasteiger partial charge is 0.388 e. The highest BCUT2D eigenvalue weighted by Gasteiger charge is 2.62. The summed E-state index contributed by atoms with van der Waals surface area (Å²) in [5.74, 6) is 2.51. The Morgan fingerprint density at radius 2 is 1.88 bits per heavy atom. The van der Waals surface area contributed by atoms with Crippen LogP contribution in [0.3, 0.4) is 0 Å². The standard InChI is InChI=1S/C15H24O/c1-9-11-5-10-6-12(8-11)15(16,13(9)7-10)14(2,3)4/h10-13,16H,1,5-8H2,2-4H3/t10-,11+,12-,13+,15+/m0/s1. The summed E-state index contributed by atoms with van der Waals surface area (Å²) >= 11 is 0. The van der Waals surface area contributed by atoms with Gasteiger partial charge in [-0.1, -0.05) is 32.9 Å². The van der Waals surface area contributed by atoms with E-state index in [9.17, 15) is 5.11 Å². The van der Waals surface area contributed by atoms with Crippen molar-refractivity contribution in [2.45, 2.75) is 52.1 Å². The SMILES string of the molecule is C=C1[C@@H]2C[C@H]3C[C@@H](C2)[C@](O)(C(C)(C)C)[C@@H]1C3. The van der Waals surface area contributed by atoms with E-state index in [2.05, 4.69) is 27.4 Å². The molecule has 0 aromatic heterocycles. The number of aliphatic hydroxyl groups is 1. The first-order valence-electron chi connectivity index (χ1n) is 6.75. The number of hydrogen-bond donors (Lipinski definition) is 1. The summed E-state index contributed by atoms with van der Waals surface area (Å²) in [5, 5.41) is 11.2. The molecule has 1 nitrogen and oxygen atoms in total. The molecule has 0 aliphatic heterocycles. The maximum absolute atomic E-state index is 11.2. The molecule has 16 heavy (non-hydrogen) atoms. The van der Waals surface area contributed by atoms with E-state index < -0.39 is 5.60 Å². The van der Waals surface area contributed by atoms with Crippen LogP contribution in [0.5, 0.6) is 0 Å². The van der Waals surface area contributed by atoms with Crippen molar-refractivity contribution in [2.75, 3.05) is 0 Å². The quantitative estimate of drug-likeness (QED) is 0.620. The van der Waals surface area contributed by atoms with Crippen LogP contribution in [-0.4, -0.2) is 10.7 Å². The Morgan fingerprint density at radius 3 is 2.50 bits per heavy atom. The molecule has 0 amide bonds.